The smallest absolute Gasteiger partial charge is 0.261 e. The molecule has 0 aromatic heterocycles. The maximum absolute atomic E-state index is 12.6. The van der Waals surface area contributed by atoms with Gasteiger partial charge in [-0.2, -0.15) is 0 Å². The highest BCUT2D eigenvalue weighted by Gasteiger charge is 2.16. The lowest BCUT2D eigenvalue weighted by Crippen LogP contribution is -2.23. The molecule has 0 unspecified atom stereocenters. The summed E-state index contributed by atoms with van der Waals surface area (Å²) in [6.07, 6.45) is 0. The van der Waals surface area contributed by atoms with Crippen LogP contribution in [0.15, 0.2) is 71.6 Å². The molecule has 156 valence electrons. The number of methoxy groups -OCH3 is 1. The Hall–Kier alpha value is -3.32. The molecule has 0 radical (unpaired) electrons. The van der Waals surface area contributed by atoms with Crippen LogP contribution in [0.4, 0.5) is 5.69 Å². The molecule has 6 nitrogen and oxygen atoms in total. The average Bonchev–Trinajstić information content (AvgIpc) is 2.73. The molecule has 3 aromatic rings. The maximum Gasteiger partial charge on any atom is 0.261 e. The highest BCUT2D eigenvalue weighted by Crippen LogP contribution is 2.22. The molecule has 0 fully saturated rings. The summed E-state index contributed by atoms with van der Waals surface area (Å²) < 4.78 is 32.9. The number of carbonyl (C=O) groups is 1. The van der Waals surface area contributed by atoms with Crippen molar-refractivity contribution in [3.05, 3.63) is 89.0 Å². The molecule has 0 heterocycles. The number of ether oxygens (including phenoxy) is 1. The van der Waals surface area contributed by atoms with E-state index in [2.05, 4.69) is 10.0 Å². The number of amides is 1. The number of hydrogen-bond donors (Lipinski definition) is 2. The number of carbonyl (C=O) groups excluding carboxylic acids is 1. The van der Waals surface area contributed by atoms with Crippen molar-refractivity contribution in [3.63, 3.8) is 0 Å². The van der Waals surface area contributed by atoms with Gasteiger partial charge >= 0.3 is 0 Å². The fourth-order valence-electron chi connectivity index (χ4n) is 2.98. The minimum absolute atomic E-state index is 0.127. The average molecular weight is 425 g/mol. The van der Waals surface area contributed by atoms with E-state index in [1.807, 2.05) is 31.2 Å². The van der Waals surface area contributed by atoms with Crippen molar-refractivity contribution in [2.24, 2.45) is 0 Å². The van der Waals surface area contributed by atoms with Gasteiger partial charge in [0.05, 0.1) is 17.7 Å². The van der Waals surface area contributed by atoms with Crippen molar-refractivity contribution >= 4 is 21.6 Å². The van der Waals surface area contributed by atoms with Crippen molar-refractivity contribution in [3.8, 4) is 5.75 Å². The Bertz CT molecular complexity index is 1160. The lowest BCUT2D eigenvalue weighted by Gasteiger charge is -2.13. The zero-order valence-electron chi connectivity index (χ0n) is 17.1. The van der Waals surface area contributed by atoms with Crippen molar-refractivity contribution in [1.29, 1.82) is 0 Å². The Morgan fingerprint density at radius 3 is 2.33 bits per heavy atom. The predicted molar refractivity (Wildman–Crippen MR) is 117 cm³/mol. The number of aryl methyl sites for hydroxylation is 2. The topological polar surface area (TPSA) is 84.5 Å². The molecule has 30 heavy (non-hydrogen) atoms. The van der Waals surface area contributed by atoms with Gasteiger partial charge in [0.2, 0.25) is 0 Å². The van der Waals surface area contributed by atoms with Gasteiger partial charge in [0, 0.05) is 12.1 Å². The van der Waals surface area contributed by atoms with Crippen LogP contribution >= 0.6 is 0 Å². The zero-order valence-corrected chi connectivity index (χ0v) is 17.9. The Balaban J connectivity index is 1.70. The minimum atomic E-state index is -3.75. The van der Waals surface area contributed by atoms with Gasteiger partial charge in [-0.3, -0.25) is 9.52 Å². The summed E-state index contributed by atoms with van der Waals surface area (Å²) in [5.74, 6) is 0.357. The minimum Gasteiger partial charge on any atom is -0.497 e. The molecule has 0 bridgehead atoms. The SMILES string of the molecule is COc1ccc(S(=O)(=O)Nc2ccc(C(=O)NCc3cccc(C)c3)cc2C)cc1. The number of nitrogens with one attached hydrogen (secondary N) is 2. The molecule has 0 saturated heterocycles. The number of rotatable bonds is 7. The second-order valence-electron chi connectivity index (χ2n) is 6.98. The first-order chi connectivity index (χ1) is 14.3. The fraction of sp³-hybridized carbons (Fsp3) is 0.174. The summed E-state index contributed by atoms with van der Waals surface area (Å²) in [5, 5.41) is 2.88. The van der Waals surface area contributed by atoms with Crippen LogP contribution in [0.25, 0.3) is 0 Å². The summed E-state index contributed by atoms with van der Waals surface area (Å²) in [6, 6.07) is 18.9. The van der Waals surface area contributed by atoms with Gasteiger partial charge in [-0.15, -0.1) is 0 Å². The lowest BCUT2D eigenvalue weighted by atomic mass is 10.1. The summed E-state index contributed by atoms with van der Waals surface area (Å²) >= 11 is 0. The van der Waals surface area contributed by atoms with Crippen molar-refractivity contribution < 1.29 is 17.9 Å². The van der Waals surface area contributed by atoms with Crippen molar-refractivity contribution in [2.75, 3.05) is 11.8 Å². The van der Waals surface area contributed by atoms with E-state index >= 15 is 0 Å². The molecule has 3 aromatic carbocycles. The number of anilines is 1. The Morgan fingerprint density at radius 2 is 1.70 bits per heavy atom. The summed E-state index contributed by atoms with van der Waals surface area (Å²) in [6.45, 7) is 4.18. The van der Waals surface area contributed by atoms with Crippen LogP contribution in [0, 0.1) is 13.8 Å². The Morgan fingerprint density at radius 1 is 0.967 bits per heavy atom. The first-order valence-electron chi connectivity index (χ1n) is 9.40. The molecular formula is C23H24N2O4S. The number of benzene rings is 3. The quantitative estimate of drug-likeness (QED) is 0.599. The molecule has 0 aliphatic rings. The van der Waals surface area contributed by atoms with Crippen molar-refractivity contribution in [1.82, 2.24) is 5.32 Å². The predicted octanol–water partition coefficient (Wildman–Crippen LogP) is 4.04. The summed E-state index contributed by atoms with van der Waals surface area (Å²) in [7, 11) is -2.23. The van der Waals surface area contributed by atoms with Gasteiger partial charge in [0.15, 0.2) is 0 Å². The fourth-order valence-corrected chi connectivity index (χ4v) is 4.12. The second-order valence-corrected chi connectivity index (χ2v) is 8.66. The molecule has 0 aliphatic carbocycles. The van der Waals surface area contributed by atoms with E-state index in [1.54, 1.807) is 37.3 Å². The molecule has 3 rings (SSSR count). The first kappa shape index (κ1) is 21.4. The number of sulfonamides is 1. The molecule has 1 amide bonds. The number of hydrogen-bond acceptors (Lipinski definition) is 4. The van der Waals surface area contributed by atoms with Gasteiger partial charge < -0.3 is 10.1 Å². The van der Waals surface area contributed by atoms with Crippen LogP contribution in [-0.2, 0) is 16.6 Å². The largest absolute Gasteiger partial charge is 0.497 e. The van der Waals surface area contributed by atoms with E-state index in [1.165, 1.54) is 19.2 Å². The van der Waals surface area contributed by atoms with E-state index in [0.29, 0.717) is 29.1 Å². The van der Waals surface area contributed by atoms with Crippen LogP contribution in [0.2, 0.25) is 0 Å². The molecule has 0 spiro atoms. The lowest BCUT2D eigenvalue weighted by molar-refractivity contribution is 0.0951. The van der Waals surface area contributed by atoms with Crippen molar-refractivity contribution in [2.45, 2.75) is 25.3 Å². The van der Waals surface area contributed by atoms with Crippen LogP contribution in [0.5, 0.6) is 5.75 Å². The van der Waals surface area contributed by atoms with Gasteiger partial charge in [-0.05, 0) is 67.4 Å². The summed E-state index contributed by atoms with van der Waals surface area (Å²) in [4.78, 5) is 12.6. The van der Waals surface area contributed by atoms with Gasteiger partial charge in [-0.1, -0.05) is 29.8 Å². The van der Waals surface area contributed by atoms with Crippen LogP contribution in [0.3, 0.4) is 0 Å². The van der Waals surface area contributed by atoms with Gasteiger partial charge in [-0.25, -0.2) is 8.42 Å². The van der Waals surface area contributed by atoms with E-state index in [4.69, 9.17) is 4.74 Å². The van der Waals surface area contributed by atoms with Crippen LogP contribution in [-0.4, -0.2) is 21.4 Å². The normalized spacial score (nSPS) is 11.0. The molecule has 7 heteroatoms. The Labute approximate surface area is 177 Å². The highest BCUT2D eigenvalue weighted by atomic mass is 32.2. The van der Waals surface area contributed by atoms with Gasteiger partial charge in [0.1, 0.15) is 5.75 Å². The van der Waals surface area contributed by atoms with Gasteiger partial charge in [0.25, 0.3) is 15.9 Å². The van der Waals surface area contributed by atoms with E-state index in [-0.39, 0.29) is 10.8 Å². The van der Waals surface area contributed by atoms with E-state index in [0.717, 1.165) is 11.1 Å². The molecule has 0 saturated carbocycles. The highest BCUT2D eigenvalue weighted by molar-refractivity contribution is 7.92. The third-order valence-corrected chi connectivity index (χ3v) is 6.02. The standard InChI is InChI=1S/C23H24N2O4S/c1-16-5-4-6-18(13-16)15-24-23(26)19-7-12-22(17(2)14-19)25-30(27,28)21-10-8-20(29-3)9-11-21/h4-14,25H,15H2,1-3H3,(H,24,26). The van der Waals surface area contributed by atoms with Crippen LogP contribution in [0.1, 0.15) is 27.0 Å². The van der Waals surface area contributed by atoms with E-state index < -0.39 is 10.0 Å². The molecule has 0 atom stereocenters. The molecular weight excluding hydrogens is 400 g/mol. The Kier molecular flexibility index (Phi) is 6.42. The maximum atomic E-state index is 12.6. The molecule has 2 N–H and O–H groups in total. The zero-order chi connectivity index (χ0) is 21.7. The first-order valence-corrected chi connectivity index (χ1v) is 10.9. The van der Waals surface area contributed by atoms with E-state index in [9.17, 15) is 13.2 Å². The second kappa shape index (κ2) is 9.00. The summed E-state index contributed by atoms with van der Waals surface area (Å²) in [5.41, 5.74) is 3.68. The monoisotopic (exact) mass is 424 g/mol. The third kappa shape index (κ3) is 5.18. The molecule has 0 aliphatic heterocycles. The van der Waals surface area contributed by atoms with Crippen LogP contribution < -0.4 is 14.8 Å². The third-order valence-electron chi connectivity index (χ3n) is 4.64.